The van der Waals surface area contributed by atoms with Gasteiger partial charge in [-0.2, -0.15) is 0 Å². The van der Waals surface area contributed by atoms with Crippen LogP contribution >= 0.6 is 0 Å². The Balaban J connectivity index is 1.87. The van der Waals surface area contributed by atoms with Gasteiger partial charge in [0.2, 0.25) is 0 Å². The molecular weight excluding hydrogens is 216 g/mol. The zero-order chi connectivity index (χ0) is 12.1. The molecule has 0 radical (unpaired) electrons. The summed E-state index contributed by atoms with van der Waals surface area (Å²) in [6.45, 7) is 1.79. The van der Waals surface area contributed by atoms with Crippen LogP contribution < -0.4 is 5.73 Å². The SMILES string of the molecule is COCCOCC(N)C1CCc2cccnc21. The fourth-order valence-electron chi connectivity index (χ4n) is 2.34. The maximum atomic E-state index is 6.17. The number of fused-ring (bicyclic) bond motifs is 1. The Hall–Kier alpha value is -0.970. The van der Waals surface area contributed by atoms with Gasteiger partial charge in [0.05, 0.1) is 19.8 Å². The highest BCUT2D eigenvalue weighted by molar-refractivity contribution is 5.29. The van der Waals surface area contributed by atoms with Crippen LogP contribution in [0.4, 0.5) is 0 Å². The quantitative estimate of drug-likeness (QED) is 0.751. The summed E-state index contributed by atoms with van der Waals surface area (Å²) < 4.78 is 10.4. The highest BCUT2D eigenvalue weighted by Gasteiger charge is 2.28. The largest absolute Gasteiger partial charge is 0.382 e. The number of aryl methyl sites for hydroxylation is 1. The van der Waals surface area contributed by atoms with E-state index in [1.54, 1.807) is 7.11 Å². The maximum Gasteiger partial charge on any atom is 0.0701 e. The first-order valence-electron chi connectivity index (χ1n) is 6.09. The summed E-state index contributed by atoms with van der Waals surface area (Å²) in [5, 5.41) is 0. The van der Waals surface area contributed by atoms with Crippen LogP contribution in [0.3, 0.4) is 0 Å². The second kappa shape index (κ2) is 6.10. The summed E-state index contributed by atoms with van der Waals surface area (Å²) >= 11 is 0. The third kappa shape index (κ3) is 3.03. The van der Waals surface area contributed by atoms with Crippen molar-refractivity contribution in [1.29, 1.82) is 0 Å². The van der Waals surface area contributed by atoms with Gasteiger partial charge in [-0.25, -0.2) is 0 Å². The molecule has 1 heterocycles. The van der Waals surface area contributed by atoms with Crippen molar-refractivity contribution in [3.63, 3.8) is 0 Å². The highest BCUT2D eigenvalue weighted by Crippen LogP contribution is 2.32. The van der Waals surface area contributed by atoms with Crippen LogP contribution in [-0.2, 0) is 15.9 Å². The van der Waals surface area contributed by atoms with Gasteiger partial charge >= 0.3 is 0 Å². The molecule has 17 heavy (non-hydrogen) atoms. The number of methoxy groups -OCH3 is 1. The third-order valence-electron chi connectivity index (χ3n) is 3.26. The summed E-state index contributed by atoms with van der Waals surface area (Å²) in [7, 11) is 1.67. The summed E-state index contributed by atoms with van der Waals surface area (Å²) in [5.74, 6) is 0.341. The lowest BCUT2D eigenvalue weighted by atomic mass is 9.98. The molecule has 4 nitrogen and oxygen atoms in total. The van der Waals surface area contributed by atoms with E-state index in [1.165, 1.54) is 5.56 Å². The Morgan fingerprint density at radius 3 is 3.24 bits per heavy atom. The predicted octanol–water partition coefficient (Wildman–Crippen LogP) is 1.10. The van der Waals surface area contributed by atoms with E-state index in [1.807, 2.05) is 12.3 Å². The summed E-state index contributed by atoms with van der Waals surface area (Å²) in [4.78, 5) is 4.45. The minimum Gasteiger partial charge on any atom is -0.382 e. The number of aromatic nitrogens is 1. The van der Waals surface area contributed by atoms with E-state index >= 15 is 0 Å². The average Bonchev–Trinajstić information content (AvgIpc) is 2.78. The molecule has 1 aliphatic carbocycles. The molecule has 0 saturated carbocycles. The Bertz CT molecular complexity index is 357. The van der Waals surface area contributed by atoms with Gasteiger partial charge in [-0.15, -0.1) is 0 Å². The smallest absolute Gasteiger partial charge is 0.0701 e. The van der Waals surface area contributed by atoms with Gasteiger partial charge in [-0.05, 0) is 24.5 Å². The Morgan fingerprint density at radius 2 is 2.41 bits per heavy atom. The van der Waals surface area contributed by atoms with Crippen LogP contribution in [0.5, 0.6) is 0 Å². The summed E-state index contributed by atoms with van der Waals surface area (Å²) in [5.41, 5.74) is 8.67. The minimum atomic E-state index is 0.0306. The fraction of sp³-hybridized carbons (Fsp3) is 0.615. The molecule has 2 unspecified atom stereocenters. The van der Waals surface area contributed by atoms with Crippen LogP contribution in [0.25, 0.3) is 0 Å². The molecule has 0 aromatic carbocycles. The molecule has 0 aliphatic heterocycles. The van der Waals surface area contributed by atoms with Gasteiger partial charge in [-0.3, -0.25) is 4.98 Å². The topological polar surface area (TPSA) is 57.4 Å². The van der Waals surface area contributed by atoms with Crippen molar-refractivity contribution in [2.45, 2.75) is 24.8 Å². The molecule has 0 spiro atoms. The first-order chi connectivity index (χ1) is 8.33. The molecule has 1 aromatic heterocycles. The standard InChI is InChI=1S/C13H20N2O2/c1-16-7-8-17-9-12(14)11-5-4-10-3-2-6-15-13(10)11/h2-3,6,11-12H,4-5,7-9,14H2,1H3. The van der Waals surface area contributed by atoms with Crippen LogP contribution in [-0.4, -0.2) is 38.0 Å². The molecule has 0 amide bonds. The van der Waals surface area contributed by atoms with Gasteiger partial charge in [-0.1, -0.05) is 6.07 Å². The second-order valence-corrected chi connectivity index (χ2v) is 4.42. The lowest BCUT2D eigenvalue weighted by molar-refractivity contribution is 0.0601. The molecule has 0 bridgehead atoms. The number of hydrogen-bond donors (Lipinski definition) is 1. The maximum absolute atomic E-state index is 6.17. The number of hydrogen-bond acceptors (Lipinski definition) is 4. The molecular formula is C13H20N2O2. The van der Waals surface area contributed by atoms with Gasteiger partial charge < -0.3 is 15.2 Å². The third-order valence-corrected chi connectivity index (χ3v) is 3.26. The number of nitrogens with two attached hydrogens (primary N) is 1. The normalized spacial score (nSPS) is 20.2. The Labute approximate surface area is 102 Å². The highest BCUT2D eigenvalue weighted by atomic mass is 16.5. The van der Waals surface area contributed by atoms with E-state index in [2.05, 4.69) is 11.1 Å². The molecule has 1 aliphatic rings. The molecule has 1 aromatic rings. The van der Waals surface area contributed by atoms with Crippen molar-refractivity contribution < 1.29 is 9.47 Å². The second-order valence-electron chi connectivity index (χ2n) is 4.42. The minimum absolute atomic E-state index is 0.0306. The first-order valence-corrected chi connectivity index (χ1v) is 6.09. The molecule has 2 rings (SSSR count). The van der Waals surface area contributed by atoms with Gasteiger partial charge in [0, 0.05) is 31.0 Å². The number of rotatable bonds is 6. The molecule has 4 heteroatoms. The molecule has 2 N–H and O–H groups in total. The van der Waals surface area contributed by atoms with Gasteiger partial charge in [0.15, 0.2) is 0 Å². The first kappa shape index (κ1) is 12.5. The van der Waals surface area contributed by atoms with E-state index in [4.69, 9.17) is 15.2 Å². The Kier molecular flexibility index (Phi) is 4.48. The van der Waals surface area contributed by atoms with Gasteiger partial charge in [0.25, 0.3) is 0 Å². The zero-order valence-corrected chi connectivity index (χ0v) is 10.3. The van der Waals surface area contributed by atoms with Crippen molar-refractivity contribution in [2.75, 3.05) is 26.9 Å². The van der Waals surface area contributed by atoms with Crippen molar-refractivity contribution in [3.05, 3.63) is 29.6 Å². The van der Waals surface area contributed by atoms with Crippen LogP contribution in [0, 0.1) is 0 Å². The van der Waals surface area contributed by atoms with Crippen molar-refractivity contribution >= 4 is 0 Å². The van der Waals surface area contributed by atoms with Crippen LogP contribution in [0.1, 0.15) is 23.6 Å². The fourth-order valence-corrected chi connectivity index (χ4v) is 2.34. The van der Waals surface area contributed by atoms with E-state index in [-0.39, 0.29) is 6.04 Å². The number of pyridine rings is 1. The van der Waals surface area contributed by atoms with Gasteiger partial charge in [0.1, 0.15) is 0 Å². The molecule has 0 saturated heterocycles. The average molecular weight is 236 g/mol. The van der Waals surface area contributed by atoms with E-state index in [9.17, 15) is 0 Å². The van der Waals surface area contributed by atoms with Crippen LogP contribution in [0.15, 0.2) is 18.3 Å². The summed E-state index contributed by atoms with van der Waals surface area (Å²) in [6, 6.07) is 4.16. The van der Waals surface area contributed by atoms with E-state index < -0.39 is 0 Å². The lowest BCUT2D eigenvalue weighted by Crippen LogP contribution is -2.33. The van der Waals surface area contributed by atoms with Crippen LogP contribution in [0.2, 0.25) is 0 Å². The molecule has 0 fully saturated rings. The van der Waals surface area contributed by atoms with Crippen molar-refractivity contribution in [3.8, 4) is 0 Å². The summed E-state index contributed by atoms with van der Waals surface area (Å²) in [6.07, 6.45) is 4.01. The molecule has 94 valence electrons. The number of ether oxygens (including phenoxy) is 2. The van der Waals surface area contributed by atoms with Crippen molar-refractivity contribution in [2.24, 2.45) is 5.73 Å². The number of nitrogens with zero attached hydrogens (tertiary/aromatic N) is 1. The van der Waals surface area contributed by atoms with E-state index in [0.29, 0.717) is 25.7 Å². The van der Waals surface area contributed by atoms with E-state index in [0.717, 1.165) is 18.5 Å². The monoisotopic (exact) mass is 236 g/mol. The lowest BCUT2D eigenvalue weighted by Gasteiger charge is -2.19. The van der Waals surface area contributed by atoms with Crippen molar-refractivity contribution in [1.82, 2.24) is 4.98 Å². The zero-order valence-electron chi connectivity index (χ0n) is 10.3. The molecule has 2 atom stereocenters. The predicted molar refractivity (Wildman–Crippen MR) is 66.0 cm³/mol. The Morgan fingerprint density at radius 1 is 1.53 bits per heavy atom.